The molecule has 0 spiro atoms. The second-order valence-electron chi connectivity index (χ2n) is 3.80. The summed E-state index contributed by atoms with van der Waals surface area (Å²) in [6.07, 6.45) is 0. The van der Waals surface area contributed by atoms with Crippen LogP contribution >= 0.6 is 0 Å². The van der Waals surface area contributed by atoms with Gasteiger partial charge in [-0.15, -0.1) is 0 Å². The van der Waals surface area contributed by atoms with Crippen LogP contribution in [0.25, 0.3) is 0 Å². The molecule has 0 saturated carbocycles. The maximum absolute atomic E-state index is 7.28. The van der Waals surface area contributed by atoms with Crippen molar-refractivity contribution in [1.82, 2.24) is 9.97 Å². The van der Waals surface area contributed by atoms with E-state index in [0.29, 0.717) is 18.2 Å². The van der Waals surface area contributed by atoms with Gasteiger partial charge in [0, 0.05) is 5.69 Å². The number of nitrogens with two attached hydrogens (primary N) is 1. The number of aromatic nitrogens is 2. The number of nitrogens with one attached hydrogen (secondary N) is 1. The molecule has 0 fully saturated rings. The zero-order valence-electron chi connectivity index (χ0n) is 9.24. The number of aryl methyl sites for hydroxylation is 1. The summed E-state index contributed by atoms with van der Waals surface area (Å²) in [5, 5.41) is 7.28. The van der Waals surface area contributed by atoms with Gasteiger partial charge in [-0.2, -0.15) is 4.98 Å². The van der Waals surface area contributed by atoms with E-state index in [9.17, 15) is 0 Å². The fourth-order valence-corrected chi connectivity index (χ4v) is 0.985. The highest BCUT2D eigenvalue weighted by atomic mass is 16.5. The highest BCUT2D eigenvalue weighted by molar-refractivity contribution is 5.93. The molecule has 0 unspecified atom stereocenters. The smallest absolute Gasteiger partial charge is 0.317 e. The molecule has 1 aromatic heterocycles. The summed E-state index contributed by atoms with van der Waals surface area (Å²) in [6.45, 7) is 6.46. The Morgan fingerprint density at radius 1 is 1.53 bits per heavy atom. The first-order valence-electron chi connectivity index (χ1n) is 4.82. The summed E-state index contributed by atoms with van der Waals surface area (Å²) < 4.78 is 5.36. The Kier molecular flexibility index (Phi) is 3.60. The van der Waals surface area contributed by atoms with Crippen LogP contribution in [-0.2, 0) is 0 Å². The van der Waals surface area contributed by atoms with Gasteiger partial charge in [-0.05, 0) is 18.9 Å². The first kappa shape index (κ1) is 11.4. The highest BCUT2D eigenvalue weighted by Gasteiger charge is 2.06. The van der Waals surface area contributed by atoms with Crippen LogP contribution in [0.4, 0.5) is 0 Å². The number of nitrogen functional groups attached to an aromatic ring is 1. The molecule has 1 aromatic rings. The Morgan fingerprint density at radius 3 is 2.73 bits per heavy atom. The van der Waals surface area contributed by atoms with Crippen molar-refractivity contribution in [3.8, 4) is 6.01 Å². The predicted octanol–water partition coefficient (Wildman–Crippen LogP) is 1.10. The van der Waals surface area contributed by atoms with Gasteiger partial charge in [0.1, 0.15) is 11.5 Å². The molecule has 1 rings (SSSR count). The second-order valence-corrected chi connectivity index (χ2v) is 3.80. The van der Waals surface area contributed by atoms with Gasteiger partial charge < -0.3 is 10.5 Å². The third kappa shape index (κ3) is 3.53. The lowest BCUT2D eigenvalue weighted by Gasteiger charge is -2.08. The molecule has 0 saturated heterocycles. The van der Waals surface area contributed by atoms with Crippen LogP contribution in [-0.4, -0.2) is 22.4 Å². The van der Waals surface area contributed by atoms with E-state index < -0.39 is 0 Å². The van der Waals surface area contributed by atoms with Gasteiger partial charge in [0.05, 0.1) is 6.61 Å². The Labute approximate surface area is 89.2 Å². The van der Waals surface area contributed by atoms with Crippen LogP contribution in [0.15, 0.2) is 6.07 Å². The summed E-state index contributed by atoms with van der Waals surface area (Å²) in [4.78, 5) is 8.12. The predicted molar refractivity (Wildman–Crippen MR) is 58.1 cm³/mol. The number of ether oxygens (including phenoxy) is 1. The van der Waals surface area contributed by atoms with Crippen molar-refractivity contribution in [3.05, 3.63) is 17.5 Å². The van der Waals surface area contributed by atoms with Crippen LogP contribution in [0, 0.1) is 18.3 Å². The fourth-order valence-electron chi connectivity index (χ4n) is 0.985. The van der Waals surface area contributed by atoms with Crippen molar-refractivity contribution < 1.29 is 4.74 Å². The minimum atomic E-state index is -0.0742. The molecule has 1 heterocycles. The van der Waals surface area contributed by atoms with E-state index in [-0.39, 0.29) is 11.8 Å². The second kappa shape index (κ2) is 4.72. The van der Waals surface area contributed by atoms with Crippen molar-refractivity contribution in [2.45, 2.75) is 20.8 Å². The summed E-state index contributed by atoms with van der Waals surface area (Å²) in [5.74, 6) is 0.338. The van der Waals surface area contributed by atoms with E-state index in [1.807, 2.05) is 20.8 Å². The minimum absolute atomic E-state index is 0.0742. The lowest BCUT2D eigenvalue weighted by Crippen LogP contribution is -2.15. The van der Waals surface area contributed by atoms with Crippen LogP contribution in [0.5, 0.6) is 6.01 Å². The molecule has 0 aliphatic carbocycles. The van der Waals surface area contributed by atoms with Crippen LogP contribution < -0.4 is 10.5 Å². The van der Waals surface area contributed by atoms with Gasteiger partial charge in [0.15, 0.2) is 0 Å². The molecule has 15 heavy (non-hydrogen) atoms. The van der Waals surface area contributed by atoms with E-state index in [2.05, 4.69) is 9.97 Å². The quantitative estimate of drug-likeness (QED) is 0.573. The third-order valence-corrected chi connectivity index (χ3v) is 1.66. The highest BCUT2D eigenvalue weighted by Crippen LogP contribution is 2.07. The van der Waals surface area contributed by atoms with Crippen LogP contribution in [0.1, 0.15) is 25.2 Å². The molecule has 3 N–H and O–H groups in total. The Hall–Kier alpha value is -1.65. The number of nitrogens with zero attached hydrogens (tertiary/aromatic N) is 2. The topological polar surface area (TPSA) is 84.9 Å². The lowest BCUT2D eigenvalue weighted by atomic mass is 10.2. The fraction of sp³-hybridized carbons (Fsp3) is 0.500. The average Bonchev–Trinajstić information content (AvgIpc) is 2.13. The summed E-state index contributed by atoms with van der Waals surface area (Å²) in [7, 11) is 0. The maximum atomic E-state index is 7.28. The van der Waals surface area contributed by atoms with E-state index in [1.165, 1.54) is 0 Å². The minimum Gasteiger partial charge on any atom is -0.463 e. The van der Waals surface area contributed by atoms with Gasteiger partial charge >= 0.3 is 6.01 Å². The summed E-state index contributed by atoms with van der Waals surface area (Å²) >= 11 is 0. The Morgan fingerprint density at radius 2 is 2.20 bits per heavy atom. The molecule has 5 nitrogen and oxygen atoms in total. The lowest BCUT2D eigenvalue weighted by molar-refractivity contribution is 0.250. The molecule has 5 heteroatoms. The number of hydrogen-bond donors (Lipinski definition) is 2. The largest absolute Gasteiger partial charge is 0.463 e. The zero-order chi connectivity index (χ0) is 11.4. The molecule has 0 atom stereocenters. The third-order valence-electron chi connectivity index (χ3n) is 1.66. The van der Waals surface area contributed by atoms with Crippen LogP contribution in [0.3, 0.4) is 0 Å². The monoisotopic (exact) mass is 208 g/mol. The first-order chi connectivity index (χ1) is 6.99. The molecule has 0 amide bonds. The molecule has 0 aromatic carbocycles. The summed E-state index contributed by atoms with van der Waals surface area (Å²) in [6, 6.07) is 1.94. The Balaban J connectivity index is 2.84. The van der Waals surface area contributed by atoms with Crippen molar-refractivity contribution in [3.63, 3.8) is 0 Å². The van der Waals surface area contributed by atoms with Gasteiger partial charge in [0.2, 0.25) is 0 Å². The average molecular weight is 208 g/mol. The first-order valence-corrected chi connectivity index (χ1v) is 4.82. The van der Waals surface area contributed by atoms with Crippen molar-refractivity contribution in [1.29, 1.82) is 5.41 Å². The van der Waals surface area contributed by atoms with Crippen molar-refractivity contribution >= 4 is 5.84 Å². The van der Waals surface area contributed by atoms with E-state index in [0.717, 1.165) is 5.69 Å². The maximum Gasteiger partial charge on any atom is 0.317 e. The molecule has 0 bridgehead atoms. The standard InChI is InChI=1S/C10H16N4O/c1-6(2)5-15-10-13-7(3)4-8(14-10)9(11)12/h4,6H,5H2,1-3H3,(H3,11,12). The van der Waals surface area contributed by atoms with Crippen molar-refractivity contribution in [2.24, 2.45) is 11.7 Å². The van der Waals surface area contributed by atoms with Crippen LogP contribution in [0.2, 0.25) is 0 Å². The molecule has 0 aliphatic rings. The van der Waals surface area contributed by atoms with Gasteiger partial charge in [-0.3, -0.25) is 5.41 Å². The molecule has 82 valence electrons. The van der Waals surface area contributed by atoms with E-state index in [1.54, 1.807) is 6.07 Å². The molecule has 0 aliphatic heterocycles. The number of amidine groups is 1. The number of hydrogen-bond acceptors (Lipinski definition) is 4. The molecular weight excluding hydrogens is 192 g/mol. The van der Waals surface area contributed by atoms with Gasteiger partial charge in [-0.1, -0.05) is 13.8 Å². The Bertz CT molecular complexity index is 362. The van der Waals surface area contributed by atoms with E-state index in [4.69, 9.17) is 15.9 Å². The van der Waals surface area contributed by atoms with E-state index >= 15 is 0 Å². The molecular formula is C10H16N4O. The zero-order valence-corrected chi connectivity index (χ0v) is 9.24. The SMILES string of the molecule is Cc1cc(C(=N)N)nc(OCC(C)C)n1. The summed E-state index contributed by atoms with van der Waals surface area (Å²) in [5.41, 5.74) is 6.49. The van der Waals surface area contributed by atoms with Crippen molar-refractivity contribution in [2.75, 3.05) is 6.61 Å². The van der Waals surface area contributed by atoms with Gasteiger partial charge in [0.25, 0.3) is 0 Å². The van der Waals surface area contributed by atoms with Gasteiger partial charge in [-0.25, -0.2) is 4.98 Å². The normalized spacial score (nSPS) is 10.4. The number of rotatable bonds is 4. The molecule has 0 radical (unpaired) electrons.